The molecule has 3 atom stereocenters. The standard InChI is InChI=1S/C16H23N/c1-17-12-6-10-14-9-5-11-15(16(14)17)13-7-3-2-4-8-13/h2-4,7-8,14-16H,5-6,9-12H2,1H3. The molecule has 0 radical (unpaired) electrons. The van der Waals surface area contributed by atoms with Gasteiger partial charge in [-0.15, -0.1) is 0 Å². The minimum atomic E-state index is 0.778. The van der Waals surface area contributed by atoms with Crippen LogP contribution in [-0.4, -0.2) is 24.5 Å². The summed E-state index contributed by atoms with van der Waals surface area (Å²) in [5.74, 6) is 1.73. The van der Waals surface area contributed by atoms with E-state index in [9.17, 15) is 0 Å². The third kappa shape index (κ3) is 2.13. The number of hydrogen-bond acceptors (Lipinski definition) is 1. The van der Waals surface area contributed by atoms with Gasteiger partial charge in [0, 0.05) is 6.04 Å². The fraction of sp³-hybridized carbons (Fsp3) is 0.625. The predicted molar refractivity (Wildman–Crippen MR) is 72.2 cm³/mol. The molecular formula is C16H23N. The lowest BCUT2D eigenvalue weighted by Crippen LogP contribution is -2.48. The van der Waals surface area contributed by atoms with Crippen LogP contribution in [0.2, 0.25) is 0 Å². The van der Waals surface area contributed by atoms with Crippen molar-refractivity contribution in [2.24, 2.45) is 5.92 Å². The molecule has 92 valence electrons. The zero-order chi connectivity index (χ0) is 11.7. The number of likely N-dealkylation sites (N-methyl/N-ethyl adjacent to an activating group) is 1. The fourth-order valence-corrected chi connectivity index (χ4v) is 4.07. The third-order valence-electron chi connectivity index (χ3n) is 4.81. The maximum atomic E-state index is 2.63. The quantitative estimate of drug-likeness (QED) is 0.710. The van der Waals surface area contributed by atoms with Gasteiger partial charge in [0.15, 0.2) is 0 Å². The van der Waals surface area contributed by atoms with Crippen LogP contribution in [0.25, 0.3) is 0 Å². The highest BCUT2D eigenvalue weighted by molar-refractivity contribution is 5.22. The van der Waals surface area contributed by atoms with Gasteiger partial charge in [0.05, 0.1) is 0 Å². The van der Waals surface area contributed by atoms with E-state index >= 15 is 0 Å². The van der Waals surface area contributed by atoms with E-state index in [0.717, 1.165) is 17.9 Å². The van der Waals surface area contributed by atoms with Crippen molar-refractivity contribution in [3.05, 3.63) is 35.9 Å². The summed E-state index contributed by atoms with van der Waals surface area (Å²) in [4.78, 5) is 2.63. The van der Waals surface area contributed by atoms with Crippen molar-refractivity contribution in [2.75, 3.05) is 13.6 Å². The minimum absolute atomic E-state index is 0.778. The van der Waals surface area contributed by atoms with Crippen molar-refractivity contribution in [1.29, 1.82) is 0 Å². The molecule has 1 saturated heterocycles. The zero-order valence-corrected chi connectivity index (χ0v) is 10.8. The van der Waals surface area contributed by atoms with E-state index in [-0.39, 0.29) is 0 Å². The Kier molecular flexibility index (Phi) is 3.19. The highest BCUT2D eigenvalue weighted by Crippen LogP contribution is 2.42. The molecule has 0 bridgehead atoms. The summed E-state index contributed by atoms with van der Waals surface area (Å²) >= 11 is 0. The molecule has 1 aliphatic carbocycles. The van der Waals surface area contributed by atoms with Gasteiger partial charge in [0.1, 0.15) is 0 Å². The van der Waals surface area contributed by atoms with Gasteiger partial charge in [-0.3, -0.25) is 0 Å². The van der Waals surface area contributed by atoms with E-state index in [2.05, 4.69) is 42.3 Å². The van der Waals surface area contributed by atoms with Crippen molar-refractivity contribution in [1.82, 2.24) is 4.90 Å². The van der Waals surface area contributed by atoms with Gasteiger partial charge in [0.2, 0.25) is 0 Å². The van der Waals surface area contributed by atoms with Gasteiger partial charge in [-0.2, -0.15) is 0 Å². The van der Waals surface area contributed by atoms with Crippen LogP contribution in [0.15, 0.2) is 30.3 Å². The van der Waals surface area contributed by atoms with Crippen LogP contribution >= 0.6 is 0 Å². The Morgan fingerprint density at radius 3 is 2.59 bits per heavy atom. The first-order chi connectivity index (χ1) is 8.36. The number of hydrogen-bond donors (Lipinski definition) is 0. The number of rotatable bonds is 1. The van der Waals surface area contributed by atoms with Gasteiger partial charge in [-0.1, -0.05) is 36.8 Å². The molecule has 3 unspecified atom stereocenters. The molecule has 1 aromatic rings. The van der Waals surface area contributed by atoms with Crippen LogP contribution in [-0.2, 0) is 0 Å². The number of piperidine rings is 1. The summed E-state index contributed by atoms with van der Waals surface area (Å²) in [6.07, 6.45) is 7.12. The lowest BCUT2D eigenvalue weighted by atomic mass is 9.70. The van der Waals surface area contributed by atoms with Crippen molar-refractivity contribution < 1.29 is 0 Å². The second kappa shape index (κ2) is 4.81. The molecule has 1 heterocycles. The summed E-state index contributed by atoms with van der Waals surface area (Å²) in [6.45, 7) is 1.30. The summed E-state index contributed by atoms with van der Waals surface area (Å²) < 4.78 is 0. The Bertz CT molecular complexity index is 357. The highest BCUT2D eigenvalue weighted by atomic mass is 15.1. The van der Waals surface area contributed by atoms with E-state index in [0.29, 0.717) is 0 Å². The van der Waals surface area contributed by atoms with Crippen LogP contribution in [0, 0.1) is 5.92 Å². The molecule has 0 amide bonds. The first-order valence-electron chi connectivity index (χ1n) is 7.11. The van der Waals surface area contributed by atoms with Crippen molar-refractivity contribution >= 4 is 0 Å². The lowest BCUT2D eigenvalue weighted by molar-refractivity contribution is 0.0658. The van der Waals surface area contributed by atoms with Crippen molar-refractivity contribution in [3.63, 3.8) is 0 Å². The number of benzene rings is 1. The highest BCUT2D eigenvalue weighted by Gasteiger charge is 2.38. The smallest absolute Gasteiger partial charge is 0.0189 e. The molecule has 0 N–H and O–H groups in total. The third-order valence-corrected chi connectivity index (χ3v) is 4.81. The fourth-order valence-electron chi connectivity index (χ4n) is 4.07. The van der Waals surface area contributed by atoms with Crippen LogP contribution in [0.1, 0.15) is 43.6 Å². The van der Waals surface area contributed by atoms with Crippen molar-refractivity contribution in [2.45, 2.75) is 44.1 Å². The molecule has 0 aromatic heterocycles. The maximum Gasteiger partial charge on any atom is 0.0189 e. The summed E-state index contributed by atoms with van der Waals surface area (Å²) in [5.41, 5.74) is 1.57. The Morgan fingerprint density at radius 2 is 1.76 bits per heavy atom. The monoisotopic (exact) mass is 229 g/mol. The number of nitrogens with zero attached hydrogens (tertiary/aromatic N) is 1. The molecule has 1 saturated carbocycles. The van der Waals surface area contributed by atoms with Crippen LogP contribution in [0.4, 0.5) is 0 Å². The van der Waals surface area contributed by atoms with Crippen LogP contribution in [0.3, 0.4) is 0 Å². The predicted octanol–water partition coefficient (Wildman–Crippen LogP) is 3.66. The number of likely N-dealkylation sites (tertiary alicyclic amines) is 1. The molecular weight excluding hydrogens is 206 g/mol. The van der Waals surface area contributed by atoms with Gasteiger partial charge in [0.25, 0.3) is 0 Å². The molecule has 2 aliphatic rings. The van der Waals surface area contributed by atoms with Gasteiger partial charge in [-0.05, 0) is 56.7 Å². The van der Waals surface area contributed by atoms with E-state index in [1.54, 1.807) is 5.56 Å². The van der Waals surface area contributed by atoms with Gasteiger partial charge < -0.3 is 4.90 Å². The first kappa shape index (κ1) is 11.3. The maximum absolute atomic E-state index is 2.63. The minimum Gasteiger partial charge on any atom is -0.303 e. The molecule has 1 heteroatoms. The number of fused-ring (bicyclic) bond motifs is 1. The van der Waals surface area contributed by atoms with Crippen molar-refractivity contribution in [3.8, 4) is 0 Å². The second-order valence-electron chi connectivity index (χ2n) is 5.82. The first-order valence-corrected chi connectivity index (χ1v) is 7.11. The Morgan fingerprint density at radius 1 is 1.00 bits per heavy atom. The second-order valence-corrected chi connectivity index (χ2v) is 5.82. The van der Waals surface area contributed by atoms with Gasteiger partial charge in [-0.25, -0.2) is 0 Å². The van der Waals surface area contributed by atoms with E-state index in [1.807, 2.05) is 0 Å². The lowest BCUT2D eigenvalue weighted by Gasteiger charge is -2.47. The molecule has 1 nitrogen and oxygen atoms in total. The summed E-state index contributed by atoms with van der Waals surface area (Å²) in [7, 11) is 2.33. The Labute approximate surface area is 105 Å². The summed E-state index contributed by atoms with van der Waals surface area (Å²) in [5, 5.41) is 0. The molecule has 17 heavy (non-hydrogen) atoms. The van der Waals surface area contributed by atoms with Crippen LogP contribution in [0.5, 0.6) is 0 Å². The largest absolute Gasteiger partial charge is 0.303 e. The molecule has 0 spiro atoms. The molecule has 2 fully saturated rings. The normalized spacial score (nSPS) is 34.3. The van der Waals surface area contributed by atoms with Gasteiger partial charge >= 0.3 is 0 Å². The summed E-state index contributed by atoms with van der Waals surface area (Å²) in [6, 6.07) is 12.0. The zero-order valence-electron chi connectivity index (χ0n) is 10.8. The van der Waals surface area contributed by atoms with E-state index < -0.39 is 0 Å². The Hall–Kier alpha value is -0.820. The van der Waals surface area contributed by atoms with E-state index in [4.69, 9.17) is 0 Å². The SMILES string of the molecule is CN1CCCC2CCCC(c3ccccc3)C21. The Balaban J connectivity index is 1.87. The average Bonchev–Trinajstić information content (AvgIpc) is 2.39. The molecule has 1 aliphatic heterocycles. The molecule has 3 rings (SSSR count). The van der Waals surface area contributed by atoms with E-state index in [1.165, 1.54) is 38.6 Å². The average molecular weight is 229 g/mol. The topological polar surface area (TPSA) is 3.24 Å². The molecule has 1 aromatic carbocycles. The van der Waals surface area contributed by atoms with Crippen LogP contribution < -0.4 is 0 Å².